The molecule has 2 amide bonds. The van der Waals surface area contributed by atoms with Crippen molar-refractivity contribution in [1.82, 2.24) is 14.9 Å². The summed E-state index contributed by atoms with van der Waals surface area (Å²) >= 11 is 1.20. The van der Waals surface area contributed by atoms with Crippen LogP contribution in [0.3, 0.4) is 0 Å². The van der Waals surface area contributed by atoms with Crippen LogP contribution in [0.25, 0.3) is 10.2 Å². The molecule has 1 aliphatic rings. The Bertz CT molecular complexity index is 1250. The molecule has 9 heteroatoms. The summed E-state index contributed by atoms with van der Waals surface area (Å²) in [6.07, 6.45) is 1.59. The molecular formula is C22H25N5O3S. The van der Waals surface area contributed by atoms with Gasteiger partial charge in [-0.05, 0) is 57.4 Å². The lowest BCUT2D eigenvalue weighted by Gasteiger charge is -2.20. The minimum atomic E-state index is -0.363. The largest absolute Gasteiger partial charge is 0.368 e. The number of nitrogens with one attached hydrogen (secondary N) is 2. The van der Waals surface area contributed by atoms with Crippen LogP contribution in [0.5, 0.6) is 0 Å². The van der Waals surface area contributed by atoms with E-state index in [-0.39, 0.29) is 23.4 Å². The van der Waals surface area contributed by atoms with Crippen LogP contribution >= 0.6 is 11.3 Å². The number of benzene rings is 1. The zero-order valence-corrected chi connectivity index (χ0v) is 18.6. The van der Waals surface area contributed by atoms with Crippen molar-refractivity contribution in [3.63, 3.8) is 0 Å². The number of carbonyl (C=O) groups is 2. The zero-order valence-electron chi connectivity index (χ0n) is 17.7. The predicted molar refractivity (Wildman–Crippen MR) is 121 cm³/mol. The molecule has 4 rings (SSSR count). The molecule has 1 fully saturated rings. The van der Waals surface area contributed by atoms with Crippen LogP contribution in [0, 0.1) is 20.8 Å². The van der Waals surface area contributed by atoms with Crippen LogP contribution in [0.2, 0.25) is 0 Å². The van der Waals surface area contributed by atoms with E-state index in [1.54, 1.807) is 6.92 Å². The van der Waals surface area contributed by atoms with Crippen LogP contribution in [-0.4, -0.2) is 39.3 Å². The van der Waals surface area contributed by atoms with E-state index in [9.17, 15) is 14.4 Å². The lowest BCUT2D eigenvalue weighted by molar-refractivity contribution is -0.122. The van der Waals surface area contributed by atoms with Gasteiger partial charge in [0.05, 0.1) is 22.8 Å². The van der Waals surface area contributed by atoms with Gasteiger partial charge in [-0.2, -0.15) is 0 Å². The number of anilines is 1. The van der Waals surface area contributed by atoms with E-state index in [0.717, 1.165) is 29.8 Å². The van der Waals surface area contributed by atoms with Crippen molar-refractivity contribution in [3.8, 4) is 0 Å². The van der Waals surface area contributed by atoms with Crippen LogP contribution < -0.4 is 16.6 Å². The van der Waals surface area contributed by atoms with Gasteiger partial charge in [-0.3, -0.25) is 19.3 Å². The lowest BCUT2D eigenvalue weighted by Crippen LogP contribution is -2.40. The third-order valence-corrected chi connectivity index (χ3v) is 6.92. The Morgan fingerprint density at radius 3 is 2.81 bits per heavy atom. The first-order chi connectivity index (χ1) is 14.7. The Hall–Kier alpha value is -3.04. The molecule has 0 bridgehead atoms. The molecule has 1 atom stereocenters. The van der Waals surface area contributed by atoms with Crippen molar-refractivity contribution in [1.29, 1.82) is 0 Å². The Morgan fingerprint density at radius 1 is 1.32 bits per heavy atom. The first kappa shape index (κ1) is 21.2. The number of amides is 2. The second-order valence-corrected chi connectivity index (χ2v) is 9.05. The third-order valence-electron chi connectivity index (χ3n) is 5.73. The third kappa shape index (κ3) is 4.11. The number of hydrogen-bond acceptors (Lipinski definition) is 6. The number of rotatable bonds is 5. The highest BCUT2D eigenvalue weighted by atomic mass is 32.1. The molecule has 162 valence electrons. The summed E-state index contributed by atoms with van der Waals surface area (Å²) < 4.78 is 0. The van der Waals surface area contributed by atoms with Crippen LogP contribution in [0.1, 0.15) is 45.0 Å². The van der Waals surface area contributed by atoms with Crippen molar-refractivity contribution < 1.29 is 9.59 Å². The standard InChI is InChI=1S/C22H25N5O3S/c1-11-6-7-14(12(2)9-11)24-21(30)18-13(3)17-20(29)25-16(26-22(17)31-18)10-27-8-4-5-15(27)19(23)28/h6-7,9,15H,4-5,8,10H2,1-3H3,(H2,23,28)(H,24,30)(H,25,26,29). The number of thiophene rings is 1. The molecule has 1 aromatic carbocycles. The van der Waals surface area contributed by atoms with E-state index in [1.165, 1.54) is 11.3 Å². The number of hydrogen-bond donors (Lipinski definition) is 3. The van der Waals surface area contributed by atoms with Gasteiger partial charge in [-0.15, -0.1) is 11.3 Å². The maximum absolute atomic E-state index is 12.9. The number of H-pyrrole nitrogens is 1. The van der Waals surface area contributed by atoms with Crippen molar-refractivity contribution in [3.05, 3.63) is 55.9 Å². The van der Waals surface area contributed by atoms with Crippen LogP contribution in [-0.2, 0) is 11.3 Å². The minimum absolute atomic E-state index is 0.262. The van der Waals surface area contributed by atoms with Gasteiger partial charge in [0, 0.05) is 5.69 Å². The lowest BCUT2D eigenvalue weighted by atomic mass is 10.1. The fourth-order valence-electron chi connectivity index (χ4n) is 4.14. The summed E-state index contributed by atoms with van der Waals surface area (Å²) in [5.74, 6) is -0.159. The number of primary amides is 1. The number of carbonyl (C=O) groups excluding carboxylic acids is 2. The molecule has 1 aliphatic heterocycles. The van der Waals surface area contributed by atoms with Gasteiger partial charge in [-0.1, -0.05) is 17.7 Å². The number of aryl methyl sites for hydroxylation is 3. The monoisotopic (exact) mass is 439 g/mol. The fourth-order valence-corrected chi connectivity index (χ4v) is 5.24. The first-order valence-corrected chi connectivity index (χ1v) is 11.0. The van der Waals surface area contributed by atoms with Crippen LogP contribution in [0.4, 0.5) is 5.69 Å². The molecule has 0 spiro atoms. The molecule has 1 unspecified atom stereocenters. The van der Waals surface area contributed by atoms with Gasteiger partial charge in [0.25, 0.3) is 11.5 Å². The minimum Gasteiger partial charge on any atom is -0.368 e. The Balaban J connectivity index is 1.63. The van der Waals surface area contributed by atoms with Gasteiger partial charge in [0.15, 0.2) is 0 Å². The van der Waals surface area contributed by atoms with E-state index in [0.29, 0.717) is 39.4 Å². The van der Waals surface area contributed by atoms with Crippen molar-refractivity contribution >= 4 is 39.1 Å². The summed E-state index contributed by atoms with van der Waals surface area (Å²) in [6.45, 7) is 6.76. The molecule has 0 saturated carbocycles. The smallest absolute Gasteiger partial charge is 0.266 e. The number of likely N-dealkylation sites (tertiary alicyclic amines) is 1. The van der Waals surface area contributed by atoms with E-state index in [2.05, 4.69) is 15.3 Å². The molecule has 8 nitrogen and oxygen atoms in total. The number of nitrogens with two attached hydrogens (primary N) is 1. The first-order valence-electron chi connectivity index (χ1n) is 10.2. The molecule has 3 heterocycles. The molecular weight excluding hydrogens is 414 g/mol. The average Bonchev–Trinajstić information content (AvgIpc) is 3.28. The maximum atomic E-state index is 12.9. The molecule has 4 N–H and O–H groups in total. The summed E-state index contributed by atoms with van der Waals surface area (Å²) in [6, 6.07) is 5.48. The van der Waals surface area contributed by atoms with E-state index < -0.39 is 0 Å². The Morgan fingerprint density at radius 2 is 2.10 bits per heavy atom. The second-order valence-electron chi connectivity index (χ2n) is 8.05. The molecule has 0 aliphatic carbocycles. The summed E-state index contributed by atoms with van der Waals surface area (Å²) in [5, 5.41) is 3.36. The van der Waals surface area contributed by atoms with E-state index >= 15 is 0 Å². The van der Waals surface area contributed by atoms with Gasteiger partial charge < -0.3 is 16.0 Å². The van der Waals surface area contributed by atoms with E-state index in [4.69, 9.17) is 5.73 Å². The molecule has 2 aromatic heterocycles. The van der Waals surface area contributed by atoms with Gasteiger partial charge in [0.1, 0.15) is 10.7 Å². The maximum Gasteiger partial charge on any atom is 0.266 e. The topological polar surface area (TPSA) is 121 Å². The SMILES string of the molecule is Cc1ccc(NC(=O)c2sc3nc(CN4CCCC4C(N)=O)[nH]c(=O)c3c2C)c(C)c1. The zero-order chi connectivity index (χ0) is 22.3. The van der Waals surface area contributed by atoms with Crippen molar-refractivity contribution in [2.45, 2.75) is 46.2 Å². The Kier molecular flexibility index (Phi) is 5.63. The molecule has 1 saturated heterocycles. The molecule has 0 radical (unpaired) electrons. The number of nitrogens with zero attached hydrogens (tertiary/aromatic N) is 2. The number of fused-ring (bicyclic) bond motifs is 1. The van der Waals surface area contributed by atoms with Gasteiger partial charge in [-0.25, -0.2) is 4.98 Å². The summed E-state index contributed by atoms with van der Waals surface area (Å²) in [7, 11) is 0. The highest BCUT2D eigenvalue weighted by Gasteiger charge is 2.29. The normalized spacial score (nSPS) is 16.7. The quantitative estimate of drug-likeness (QED) is 0.564. The van der Waals surface area contributed by atoms with Crippen LogP contribution in [0.15, 0.2) is 23.0 Å². The van der Waals surface area contributed by atoms with Crippen molar-refractivity contribution in [2.75, 3.05) is 11.9 Å². The fraction of sp³-hybridized carbons (Fsp3) is 0.364. The highest BCUT2D eigenvalue weighted by molar-refractivity contribution is 7.20. The summed E-state index contributed by atoms with van der Waals surface area (Å²) in [5.41, 5.74) is 8.64. The van der Waals surface area contributed by atoms with Gasteiger partial charge in [0.2, 0.25) is 5.91 Å². The average molecular weight is 440 g/mol. The predicted octanol–water partition coefficient (Wildman–Crippen LogP) is 2.61. The highest BCUT2D eigenvalue weighted by Crippen LogP contribution is 2.29. The number of aromatic nitrogens is 2. The molecule has 3 aromatic rings. The second kappa shape index (κ2) is 8.24. The van der Waals surface area contributed by atoms with E-state index in [1.807, 2.05) is 36.9 Å². The van der Waals surface area contributed by atoms with Gasteiger partial charge >= 0.3 is 0 Å². The van der Waals surface area contributed by atoms with Crippen molar-refractivity contribution in [2.24, 2.45) is 5.73 Å². The number of aromatic amines is 1. The Labute approximate surface area is 183 Å². The molecule has 31 heavy (non-hydrogen) atoms. The summed E-state index contributed by atoms with van der Waals surface area (Å²) in [4.78, 5) is 47.6.